The van der Waals surface area contributed by atoms with E-state index >= 15 is 0 Å². The Bertz CT molecular complexity index is 2280. The molecule has 1 amide bonds. The van der Waals surface area contributed by atoms with Gasteiger partial charge in [-0.2, -0.15) is 0 Å². The summed E-state index contributed by atoms with van der Waals surface area (Å²) in [5.74, 6) is -0.298. The largest absolute Gasteiger partial charge is 0.394 e. The maximum Gasteiger partial charge on any atom is 0.220 e. The molecular weight excluding hydrogens is 1240 g/mol. The summed E-state index contributed by atoms with van der Waals surface area (Å²) >= 11 is 0. The quantitative estimate of drug-likeness (QED) is 0.0199. The van der Waals surface area contributed by atoms with Crippen LogP contribution < -0.4 is 5.32 Å². The lowest BCUT2D eigenvalue weighted by Crippen LogP contribution is -2.66. The van der Waals surface area contributed by atoms with Gasteiger partial charge in [0.05, 0.1) is 38.6 Å². The molecule has 17 atom stereocenters. The topological polar surface area (TPSA) is 307 Å². The van der Waals surface area contributed by atoms with E-state index in [1.165, 1.54) is 77.0 Å². The number of carbonyl (C=O) groups is 1. The van der Waals surface area contributed by atoms with Crippen LogP contribution in [0.15, 0.2) is 134 Å². The zero-order valence-electron chi connectivity index (χ0n) is 58.7. The van der Waals surface area contributed by atoms with Gasteiger partial charge in [-0.15, -0.1) is 0 Å². The highest BCUT2D eigenvalue weighted by atomic mass is 16.8. The van der Waals surface area contributed by atoms with Crippen molar-refractivity contribution in [3.05, 3.63) is 134 Å². The molecule has 0 aromatic rings. The molecule has 17 unspecified atom stereocenters. The maximum atomic E-state index is 13.4. The second-order valence-electron chi connectivity index (χ2n) is 25.7. The van der Waals surface area contributed by atoms with E-state index in [9.17, 15) is 61.0 Å². The standard InChI is InChI=1S/C78H129NO18/c1-3-5-7-9-11-13-15-17-19-20-21-22-23-24-25-26-27-28-29-30-31-32-33-34-35-36-37-38-39-40-42-44-46-48-50-52-54-56-66(84)79-61(62(83)55-53-51-49-47-45-43-41-18-16-14-12-10-8-6-4-2)60-92-76-72(90)69(87)74(64(58-81)94-76)97-78-73(91)70(88)75(65(59-82)95-78)96-77-71(89)68(86)67(85)63(57-80)93-77/h5,7,11,13,17,19,21-22,24-25,27-28,30-31,33-34,36-37,45,47,53,55,61-65,67-78,80-83,85-91H,3-4,6,8-10,12,14-16,18,20,23,26,29,32,35,38-44,46,48-52,54,56-60H2,1-2H3,(H,79,84)/b7-5-,13-11-,19-17-,22-21-,25-24-,28-27-,31-30-,34-33-,37-36-,47-45+,55-53+. The summed E-state index contributed by atoms with van der Waals surface area (Å²) in [6.07, 6.45) is 54.3. The number of allylic oxidation sites excluding steroid dienone is 21. The van der Waals surface area contributed by atoms with E-state index in [4.69, 9.17) is 28.4 Å². The molecule has 0 spiro atoms. The lowest BCUT2D eigenvalue weighted by Gasteiger charge is -2.48. The number of unbranched alkanes of at least 4 members (excludes halogenated alkanes) is 19. The molecule has 0 aliphatic carbocycles. The zero-order valence-corrected chi connectivity index (χ0v) is 58.7. The molecule has 19 nitrogen and oxygen atoms in total. The fraction of sp³-hybridized carbons (Fsp3) is 0.705. The van der Waals surface area contributed by atoms with Crippen LogP contribution in [0.5, 0.6) is 0 Å². The van der Waals surface area contributed by atoms with Crippen LogP contribution in [-0.4, -0.2) is 193 Å². The molecular formula is C78H129NO18. The summed E-state index contributed by atoms with van der Waals surface area (Å²) in [6, 6.07) is -1.00. The Hall–Kier alpha value is -4.07. The Kier molecular flexibility index (Phi) is 51.7. The SMILES string of the molecule is CC/C=C\C/C=C\C/C=C\C/C=C\C/C=C\C/C=C\C/C=C\C/C=C\C/C=C\CCCCCCCCCCCC(=O)NC(COC1OC(CO)C(OC2OC(CO)C(OC3OC(CO)C(O)C(O)C3O)C(O)C2O)C(O)C1O)C(O)/C=C/CC/C=C/CCCCCCCCCCC. The number of hydrogen-bond donors (Lipinski definition) is 12. The summed E-state index contributed by atoms with van der Waals surface area (Å²) in [5.41, 5.74) is 0. The fourth-order valence-electron chi connectivity index (χ4n) is 11.5. The van der Waals surface area contributed by atoms with E-state index in [1.807, 2.05) is 6.08 Å². The first-order chi connectivity index (χ1) is 47.3. The third-order valence-corrected chi connectivity index (χ3v) is 17.4. The van der Waals surface area contributed by atoms with Crippen LogP contribution in [0, 0.1) is 0 Å². The van der Waals surface area contributed by atoms with Crippen LogP contribution in [-0.2, 0) is 33.2 Å². The first-order valence-electron chi connectivity index (χ1n) is 36.9. The normalized spacial score (nSPS) is 27.7. The van der Waals surface area contributed by atoms with Gasteiger partial charge in [-0.05, 0) is 103 Å². The van der Waals surface area contributed by atoms with Crippen molar-refractivity contribution >= 4 is 5.91 Å². The van der Waals surface area contributed by atoms with Gasteiger partial charge in [0.1, 0.15) is 73.2 Å². The van der Waals surface area contributed by atoms with Crippen molar-refractivity contribution in [2.24, 2.45) is 0 Å². The predicted octanol–water partition coefficient (Wildman–Crippen LogP) is 10.9. The summed E-state index contributed by atoms with van der Waals surface area (Å²) < 4.78 is 34.3. The van der Waals surface area contributed by atoms with Gasteiger partial charge in [0.2, 0.25) is 5.91 Å². The van der Waals surface area contributed by atoms with Gasteiger partial charge >= 0.3 is 0 Å². The number of amides is 1. The van der Waals surface area contributed by atoms with E-state index in [0.717, 1.165) is 109 Å². The van der Waals surface area contributed by atoms with Crippen molar-refractivity contribution in [1.29, 1.82) is 0 Å². The van der Waals surface area contributed by atoms with Gasteiger partial charge < -0.3 is 89.9 Å². The molecule has 0 aromatic heterocycles. The molecule has 0 bridgehead atoms. The molecule has 3 fully saturated rings. The number of nitrogens with one attached hydrogen (secondary N) is 1. The molecule has 3 aliphatic rings. The minimum atomic E-state index is -1.99. The Morgan fingerprint density at radius 1 is 0.381 bits per heavy atom. The molecule has 0 aromatic carbocycles. The Morgan fingerprint density at radius 2 is 0.722 bits per heavy atom. The molecule has 0 radical (unpaired) electrons. The lowest BCUT2D eigenvalue weighted by molar-refractivity contribution is -0.379. The molecule has 97 heavy (non-hydrogen) atoms. The average molecular weight is 1370 g/mol. The first kappa shape index (κ1) is 87.1. The van der Waals surface area contributed by atoms with Gasteiger partial charge in [0.25, 0.3) is 0 Å². The molecule has 3 heterocycles. The van der Waals surface area contributed by atoms with Gasteiger partial charge in [-0.25, -0.2) is 0 Å². The van der Waals surface area contributed by atoms with Crippen LogP contribution in [0.4, 0.5) is 0 Å². The van der Waals surface area contributed by atoms with Gasteiger partial charge in [-0.3, -0.25) is 4.79 Å². The van der Waals surface area contributed by atoms with Gasteiger partial charge in [0, 0.05) is 6.42 Å². The van der Waals surface area contributed by atoms with Crippen molar-refractivity contribution in [2.75, 3.05) is 26.4 Å². The van der Waals surface area contributed by atoms with Gasteiger partial charge in [-0.1, -0.05) is 244 Å². The molecule has 3 saturated heterocycles. The van der Waals surface area contributed by atoms with Crippen LogP contribution in [0.3, 0.4) is 0 Å². The third-order valence-electron chi connectivity index (χ3n) is 17.4. The average Bonchev–Trinajstić information content (AvgIpc) is 0.789. The summed E-state index contributed by atoms with van der Waals surface area (Å²) in [5, 5.41) is 121. The Balaban J connectivity index is 1.37. The van der Waals surface area contributed by atoms with Crippen molar-refractivity contribution in [1.82, 2.24) is 5.32 Å². The zero-order chi connectivity index (χ0) is 70.4. The minimum absolute atomic E-state index is 0.219. The van der Waals surface area contributed by atoms with Crippen LogP contribution in [0.1, 0.15) is 219 Å². The summed E-state index contributed by atoms with van der Waals surface area (Å²) in [6.45, 7) is 1.57. The van der Waals surface area contributed by atoms with Crippen molar-refractivity contribution in [2.45, 2.75) is 324 Å². The first-order valence-corrected chi connectivity index (χ1v) is 36.9. The number of aliphatic hydroxyl groups excluding tert-OH is 11. The number of ether oxygens (including phenoxy) is 6. The lowest BCUT2D eigenvalue weighted by atomic mass is 9.96. The van der Waals surface area contributed by atoms with Crippen molar-refractivity contribution in [3.8, 4) is 0 Å². The van der Waals surface area contributed by atoms with Crippen LogP contribution in [0.25, 0.3) is 0 Å². The van der Waals surface area contributed by atoms with E-state index in [0.29, 0.717) is 12.8 Å². The van der Waals surface area contributed by atoms with E-state index < -0.39 is 124 Å². The number of rotatable bonds is 55. The van der Waals surface area contributed by atoms with E-state index in [-0.39, 0.29) is 18.9 Å². The highest BCUT2D eigenvalue weighted by Gasteiger charge is 2.53. The predicted molar refractivity (Wildman–Crippen MR) is 383 cm³/mol. The second-order valence-corrected chi connectivity index (χ2v) is 25.7. The highest BCUT2D eigenvalue weighted by Crippen LogP contribution is 2.33. The smallest absolute Gasteiger partial charge is 0.220 e. The van der Waals surface area contributed by atoms with E-state index in [2.05, 4.69) is 141 Å². The van der Waals surface area contributed by atoms with Crippen LogP contribution >= 0.6 is 0 Å². The molecule has 3 rings (SSSR count). The summed E-state index contributed by atoms with van der Waals surface area (Å²) in [7, 11) is 0. The van der Waals surface area contributed by atoms with Crippen molar-refractivity contribution in [3.63, 3.8) is 0 Å². The monoisotopic (exact) mass is 1370 g/mol. The fourth-order valence-corrected chi connectivity index (χ4v) is 11.5. The van der Waals surface area contributed by atoms with E-state index in [1.54, 1.807) is 6.08 Å². The van der Waals surface area contributed by atoms with Gasteiger partial charge in [0.15, 0.2) is 18.9 Å². The Labute approximate surface area is 581 Å². The highest BCUT2D eigenvalue weighted by molar-refractivity contribution is 5.76. The number of carbonyl (C=O) groups excluding carboxylic acids is 1. The molecule has 19 heteroatoms. The van der Waals surface area contributed by atoms with Crippen molar-refractivity contribution < 1.29 is 89.4 Å². The maximum absolute atomic E-state index is 13.4. The molecule has 12 N–H and O–H groups in total. The molecule has 3 aliphatic heterocycles. The molecule has 554 valence electrons. The Morgan fingerprint density at radius 3 is 1.15 bits per heavy atom. The third kappa shape index (κ3) is 38.5. The molecule has 0 saturated carbocycles. The number of aliphatic hydroxyl groups is 11. The number of hydrogen-bond acceptors (Lipinski definition) is 18. The second kappa shape index (κ2) is 57.5. The summed E-state index contributed by atoms with van der Waals surface area (Å²) in [4.78, 5) is 13.4. The minimum Gasteiger partial charge on any atom is -0.394 e. The van der Waals surface area contributed by atoms with Crippen LogP contribution in [0.2, 0.25) is 0 Å².